The van der Waals surface area contributed by atoms with E-state index in [0.29, 0.717) is 5.92 Å². The SMILES string of the molecule is Cc1ccn2c(=O)cc(C3CC3)nc2c1. The van der Waals surface area contributed by atoms with Gasteiger partial charge >= 0.3 is 0 Å². The van der Waals surface area contributed by atoms with Gasteiger partial charge in [0.05, 0.1) is 5.69 Å². The summed E-state index contributed by atoms with van der Waals surface area (Å²) < 4.78 is 1.60. The predicted octanol–water partition coefficient (Wildman–Crippen LogP) is 1.88. The predicted molar refractivity (Wildman–Crippen MR) is 58.2 cm³/mol. The van der Waals surface area contributed by atoms with E-state index in [1.54, 1.807) is 16.7 Å². The molecule has 1 aliphatic rings. The van der Waals surface area contributed by atoms with Gasteiger partial charge in [0.1, 0.15) is 5.65 Å². The molecule has 1 aliphatic carbocycles. The first-order valence-corrected chi connectivity index (χ1v) is 5.24. The second-order valence-corrected chi connectivity index (χ2v) is 4.23. The van der Waals surface area contributed by atoms with Crippen LogP contribution in [-0.4, -0.2) is 9.38 Å². The van der Waals surface area contributed by atoms with Gasteiger partial charge in [-0.25, -0.2) is 4.98 Å². The zero-order valence-electron chi connectivity index (χ0n) is 8.60. The molecule has 3 rings (SSSR count). The molecule has 0 aromatic carbocycles. The van der Waals surface area contributed by atoms with Gasteiger partial charge in [-0.05, 0) is 37.5 Å². The Bertz CT molecular complexity index is 582. The molecule has 0 aliphatic heterocycles. The Hall–Kier alpha value is -1.64. The number of aryl methyl sites for hydroxylation is 1. The molecule has 0 spiro atoms. The number of hydrogen-bond donors (Lipinski definition) is 0. The van der Waals surface area contributed by atoms with Gasteiger partial charge < -0.3 is 0 Å². The molecule has 15 heavy (non-hydrogen) atoms. The van der Waals surface area contributed by atoms with E-state index < -0.39 is 0 Å². The first-order valence-electron chi connectivity index (χ1n) is 5.24. The zero-order chi connectivity index (χ0) is 10.4. The fraction of sp³-hybridized carbons (Fsp3) is 0.333. The third-order valence-electron chi connectivity index (χ3n) is 2.84. The quantitative estimate of drug-likeness (QED) is 0.704. The molecule has 76 valence electrons. The van der Waals surface area contributed by atoms with E-state index in [-0.39, 0.29) is 5.56 Å². The van der Waals surface area contributed by atoms with Gasteiger partial charge in [-0.3, -0.25) is 9.20 Å². The normalized spacial score (nSPS) is 15.8. The Kier molecular flexibility index (Phi) is 1.69. The molecule has 3 heteroatoms. The summed E-state index contributed by atoms with van der Waals surface area (Å²) in [5.74, 6) is 0.531. The average molecular weight is 200 g/mol. The number of pyridine rings is 1. The van der Waals surface area contributed by atoms with Crippen molar-refractivity contribution < 1.29 is 0 Å². The maximum Gasteiger partial charge on any atom is 0.258 e. The first kappa shape index (κ1) is 8.65. The van der Waals surface area contributed by atoms with Crippen LogP contribution in [0.1, 0.15) is 30.0 Å². The van der Waals surface area contributed by atoms with Gasteiger partial charge in [0.2, 0.25) is 0 Å². The molecule has 3 nitrogen and oxygen atoms in total. The topological polar surface area (TPSA) is 34.4 Å². The number of fused-ring (bicyclic) bond motifs is 1. The van der Waals surface area contributed by atoms with Crippen LogP contribution in [-0.2, 0) is 0 Å². The lowest BCUT2D eigenvalue weighted by molar-refractivity contribution is 0.955. The minimum Gasteiger partial charge on any atom is -0.269 e. The van der Waals surface area contributed by atoms with Crippen LogP contribution in [0.4, 0.5) is 0 Å². The molecule has 0 bridgehead atoms. The van der Waals surface area contributed by atoms with E-state index in [1.807, 2.05) is 19.1 Å². The van der Waals surface area contributed by atoms with Crippen molar-refractivity contribution in [2.24, 2.45) is 0 Å². The Morgan fingerprint density at radius 3 is 2.93 bits per heavy atom. The van der Waals surface area contributed by atoms with Crippen molar-refractivity contribution in [2.45, 2.75) is 25.7 Å². The van der Waals surface area contributed by atoms with Crippen molar-refractivity contribution in [2.75, 3.05) is 0 Å². The van der Waals surface area contributed by atoms with Crippen LogP contribution < -0.4 is 5.56 Å². The van der Waals surface area contributed by atoms with Crippen LogP contribution in [0.15, 0.2) is 29.2 Å². The van der Waals surface area contributed by atoms with Gasteiger partial charge in [0.15, 0.2) is 0 Å². The maximum atomic E-state index is 11.8. The summed E-state index contributed by atoms with van der Waals surface area (Å²) in [6.07, 6.45) is 4.14. The molecule has 0 amide bonds. The zero-order valence-corrected chi connectivity index (χ0v) is 8.60. The van der Waals surface area contributed by atoms with Crippen LogP contribution in [0, 0.1) is 6.92 Å². The highest BCUT2D eigenvalue weighted by Crippen LogP contribution is 2.38. The molecule has 0 atom stereocenters. The van der Waals surface area contributed by atoms with E-state index in [1.165, 1.54) is 12.8 Å². The molecular weight excluding hydrogens is 188 g/mol. The maximum absolute atomic E-state index is 11.8. The van der Waals surface area contributed by atoms with E-state index >= 15 is 0 Å². The third-order valence-corrected chi connectivity index (χ3v) is 2.84. The number of aromatic nitrogens is 2. The molecule has 1 saturated carbocycles. The lowest BCUT2D eigenvalue weighted by Crippen LogP contribution is -2.15. The number of rotatable bonds is 1. The van der Waals surface area contributed by atoms with E-state index in [2.05, 4.69) is 4.98 Å². The lowest BCUT2D eigenvalue weighted by atomic mass is 10.2. The summed E-state index contributed by atoms with van der Waals surface area (Å²) in [5, 5.41) is 0. The molecular formula is C12H12N2O. The van der Waals surface area contributed by atoms with Crippen LogP contribution in [0.2, 0.25) is 0 Å². The molecule has 2 aromatic rings. The van der Waals surface area contributed by atoms with Crippen molar-refractivity contribution in [3.63, 3.8) is 0 Å². The summed E-state index contributed by atoms with van der Waals surface area (Å²) in [4.78, 5) is 16.3. The fourth-order valence-corrected chi connectivity index (χ4v) is 1.81. The lowest BCUT2D eigenvalue weighted by Gasteiger charge is -2.03. The van der Waals surface area contributed by atoms with Crippen LogP contribution >= 0.6 is 0 Å². The van der Waals surface area contributed by atoms with Gasteiger partial charge in [-0.15, -0.1) is 0 Å². The van der Waals surface area contributed by atoms with E-state index in [0.717, 1.165) is 16.9 Å². The summed E-state index contributed by atoms with van der Waals surface area (Å²) in [7, 11) is 0. The monoisotopic (exact) mass is 200 g/mol. The van der Waals surface area contributed by atoms with Crippen molar-refractivity contribution in [1.29, 1.82) is 0 Å². The smallest absolute Gasteiger partial charge is 0.258 e. The molecule has 0 saturated heterocycles. The van der Waals surface area contributed by atoms with Crippen LogP contribution in [0.25, 0.3) is 5.65 Å². The molecule has 2 heterocycles. The number of nitrogens with zero attached hydrogens (tertiary/aromatic N) is 2. The molecule has 1 fully saturated rings. The van der Waals surface area contributed by atoms with Crippen molar-refractivity contribution >= 4 is 5.65 Å². The first-order chi connectivity index (χ1) is 7.24. The average Bonchev–Trinajstić information content (AvgIpc) is 2.99. The highest BCUT2D eigenvalue weighted by Gasteiger charge is 2.25. The Balaban J connectivity index is 2.32. The standard InChI is InChI=1S/C12H12N2O/c1-8-4-5-14-11(6-8)13-10(7-12(14)15)9-2-3-9/h4-7,9H,2-3H2,1H3. The Morgan fingerprint density at radius 2 is 2.20 bits per heavy atom. The van der Waals surface area contributed by atoms with Gasteiger partial charge in [-0.1, -0.05) is 0 Å². The largest absolute Gasteiger partial charge is 0.269 e. The van der Waals surface area contributed by atoms with Gasteiger partial charge in [-0.2, -0.15) is 0 Å². The summed E-state index contributed by atoms with van der Waals surface area (Å²) in [6, 6.07) is 5.54. The number of hydrogen-bond acceptors (Lipinski definition) is 2. The molecule has 0 N–H and O–H groups in total. The van der Waals surface area contributed by atoms with Gasteiger partial charge in [0, 0.05) is 18.2 Å². The van der Waals surface area contributed by atoms with Crippen molar-refractivity contribution in [1.82, 2.24) is 9.38 Å². The summed E-state index contributed by atoms with van der Waals surface area (Å²) >= 11 is 0. The van der Waals surface area contributed by atoms with Gasteiger partial charge in [0.25, 0.3) is 5.56 Å². The van der Waals surface area contributed by atoms with E-state index in [9.17, 15) is 4.79 Å². The summed E-state index contributed by atoms with van der Waals surface area (Å²) in [5.41, 5.74) is 2.90. The second-order valence-electron chi connectivity index (χ2n) is 4.23. The third kappa shape index (κ3) is 1.44. The van der Waals surface area contributed by atoms with Crippen molar-refractivity contribution in [3.05, 3.63) is 46.0 Å². The van der Waals surface area contributed by atoms with E-state index in [4.69, 9.17) is 0 Å². The minimum absolute atomic E-state index is 0.0295. The van der Waals surface area contributed by atoms with Crippen LogP contribution in [0.5, 0.6) is 0 Å². The second kappa shape index (κ2) is 2.92. The Labute approximate surface area is 87.4 Å². The fourth-order valence-electron chi connectivity index (χ4n) is 1.81. The minimum atomic E-state index is 0.0295. The van der Waals surface area contributed by atoms with Crippen molar-refractivity contribution in [3.8, 4) is 0 Å². The molecule has 0 unspecified atom stereocenters. The Morgan fingerprint density at radius 1 is 1.40 bits per heavy atom. The summed E-state index contributed by atoms with van der Waals surface area (Å²) in [6.45, 7) is 2.01. The highest BCUT2D eigenvalue weighted by molar-refractivity contribution is 5.42. The highest BCUT2D eigenvalue weighted by atomic mass is 16.1. The molecule has 0 radical (unpaired) electrons. The molecule has 2 aromatic heterocycles. The van der Waals surface area contributed by atoms with Crippen LogP contribution in [0.3, 0.4) is 0 Å².